The second kappa shape index (κ2) is 15.1. The van der Waals surface area contributed by atoms with Gasteiger partial charge in [0.1, 0.15) is 18.4 Å². The summed E-state index contributed by atoms with van der Waals surface area (Å²) >= 11 is 0. The maximum Gasteiger partial charge on any atom is 0.422 e. The number of halogens is 4. The summed E-state index contributed by atoms with van der Waals surface area (Å²) in [5, 5.41) is 10.4. The molecule has 206 valence electrons. The lowest BCUT2D eigenvalue weighted by Crippen LogP contribution is -2.21. The maximum absolute atomic E-state index is 14.1. The van der Waals surface area contributed by atoms with Crippen LogP contribution in [0.1, 0.15) is 56.7 Å². The summed E-state index contributed by atoms with van der Waals surface area (Å²) in [6.45, 7) is 6.70. The van der Waals surface area contributed by atoms with Crippen LogP contribution in [-0.4, -0.2) is 41.8 Å². The number of nitrogens with one attached hydrogen (secondary N) is 1. The summed E-state index contributed by atoms with van der Waals surface area (Å²) in [7, 11) is 1.00. The third kappa shape index (κ3) is 9.93. The van der Waals surface area contributed by atoms with Crippen LogP contribution < -0.4 is 15.8 Å². The first kappa shape index (κ1) is 31.7. The van der Waals surface area contributed by atoms with Gasteiger partial charge in [-0.25, -0.2) is 14.4 Å². The van der Waals surface area contributed by atoms with E-state index in [-0.39, 0.29) is 25.1 Å². The van der Waals surface area contributed by atoms with Gasteiger partial charge >= 0.3 is 6.18 Å². The van der Waals surface area contributed by atoms with Crippen molar-refractivity contribution in [3.63, 3.8) is 0 Å². The molecule has 2 unspecified atom stereocenters. The summed E-state index contributed by atoms with van der Waals surface area (Å²) in [5.41, 5.74) is 9.66. The SMILES string of the molecule is C=O.CCC1CC(c2nc(OCC(F)(F)F)ccc2CNC(C)c2cc(C)nc(N)c2)=CC=C1F.CO.[HH]. The number of nitrogens with two attached hydrogens (primary N) is 1. The molecule has 2 atom stereocenters. The van der Waals surface area contributed by atoms with E-state index in [4.69, 9.17) is 20.4 Å². The van der Waals surface area contributed by atoms with Crippen LogP contribution in [0, 0.1) is 12.8 Å². The molecule has 1 aliphatic carbocycles. The number of pyridine rings is 2. The Balaban J connectivity index is 0.00000261. The number of anilines is 1. The van der Waals surface area contributed by atoms with Crippen molar-refractivity contribution in [2.24, 2.45) is 5.92 Å². The van der Waals surface area contributed by atoms with E-state index in [9.17, 15) is 17.6 Å². The highest BCUT2D eigenvalue weighted by atomic mass is 19.4. The molecule has 0 bridgehead atoms. The number of rotatable bonds is 8. The lowest BCUT2D eigenvalue weighted by molar-refractivity contribution is -0.154. The number of hydrogen-bond donors (Lipinski definition) is 3. The molecule has 0 aromatic carbocycles. The maximum atomic E-state index is 14.1. The highest BCUT2D eigenvalue weighted by Crippen LogP contribution is 2.35. The van der Waals surface area contributed by atoms with Crippen molar-refractivity contribution < 1.29 is 33.6 Å². The number of ether oxygens (including phenoxy) is 1. The lowest BCUT2D eigenvalue weighted by Gasteiger charge is -2.22. The molecule has 1 aliphatic rings. The summed E-state index contributed by atoms with van der Waals surface area (Å²) in [4.78, 5) is 16.5. The predicted molar refractivity (Wildman–Crippen MR) is 137 cm³/mol. The number of aromatic nitrogens is 2. The Hall–Kier alpha value is -3.31. The monoisotopic (exact) mass is 528 g/mol. The minimum atomic E-state index is -4.47. The van der Waals surface area contributed by atoms with Crippen molar-refractivity contribution >= 4 is 18.2 Å². The molecule has 2 heterocycles. The fraction of sp³-hybridized carbons (Fsp3) is 0.423. The van der Waals surface area contributed by atoms with Crippen LogP contribution in [0.25, 0.3) is 5.57 Å². The number of aliphatic hydroxyl groups excluding tert-OH is 1. The van der Waals surface area contributed by atoms with E-state index in [0.717, 1.165) is 29.5 Å². The molecule has 2 aromatic heterocycles. The van der Waals surface area contributed by atoms with Crippen molar-refractivity contribution in [1.82, 2.24) is 15.3 Å². The number of carbonyl (C=O) groups is 1. The Bertz CT molecular complexity index is 1060. The number of nitrogen functional groups attached to an aromatic ring is 1. The van der Waals surface area contributed by atoms with Gasteiger partial charge in [-0.15, -0.1) is 0 Å². The van der Waals surface area contributed by atoms with Crippen LogP contribution in [0.4, 0.5) is 23.4 Å². The molecule has 0 amide bonds. The number of nitrogens with zero attached hydrogens (tertiary/aromatic N) is 2. The molecule has 0 aliphatic heterocycles. The Morgan fingerprint density at radius 2 is 1.92 bits per heavy atom. The van der Waals surface area contributed by atoms with Crippen molar-refractivity contribution in [1.29, 1.82) is 0 Å². The van der Waals surface area contributed by atoms with Crippen molar-refractivity contribution in [3.05, 3.63) is 64.8 Å². The zero-order chi connectivity index (χ0) is 28.2. The van der Waals surface area contributed by atoms with Gasteiger partial charge in [0.15, 0.2) is 6.61 Å². The number of allylic oxidation sites excluding steroid dienone is 4. The summed E-state index contributed by atoms with van der Waals surface area (Å²) in [6.07, 6.45) is -0.405. The first-order valence-electron chi connectivity index (χ1n) is 11.5. The standard InChI is InChI=1S/C24H28F4N4O.CH4O.CH2O.H2/c1-4-16-10-17(5-7-20(16)25)23-18(6-8-22(32-23)33-13-24(26,27)28)12-30-15(3)19-9-14(2)31-21(29)11-19;2*1-2;/h5-9,11,15-16,30H,4,10,12-13H2,1-3H3,(H2,29,31);2H,1H3;1H2;1H. The largest absolute Gasteiger partial charge is 0.468 e. The topological polar surface area (TPSA) is 110 Å². The Labute approximate surface area is 215 Å². The van der Waals surface area contributed by atoms with Crippen molar-refractivity contribution in [2.75, 3.05) is 19.5 Å². The summed E-state index contributed by atoms with van der Waals surface area (Å²) in [6, 6.07) is 6.77. The van der Waals surface area contributed by atoms with Crippen LogP contribution in [0.5, 0.6) is 5.88 Å². The minimum Gasteiger partial charge on any atom is -0.468 e. The molecule has 11 heteroatoms. The molecule has 2 aromatic rings. The number of hydrogen-bond acceptors (Lipinski definition) is 7. The van der Waals surface area contributed by atoms with E-state index >= 15 is 0 Å². The number of carbonyl (C=O) groups excluding carboxylic acids is 1. The van der Waals surface area contributed by atoms with Gasteiger partial charge in [0.05, 0.1) is 5.69 Å². The molecular weight excluding hydrogens is 492 g/mol. The third-order valence-electron chi connectivity index (χ3n) is 5.53. The fourth-order valence-electron chi connectivity index (χ4n) is 3.74. The fourth-order valence-corrected chi connectivity index (χ4v) is 3.74. The Kier molecular flexibility index (Phi) is 12.9. The first-order valence-corrected chi connectivity index (χ1v) is 11.5. The van der Waals surface area contributed by atoms with E-state index in [2.05, 4.69) is 15.3 Å². The summed E-state index contributed by atoms with van der Waals surface area (Å²) in [5.74, 6) is -0.182. The van der Waals surface area contributed by atoms with E-state index in [1.807, 2.05) is 33.6 Å². The molecule has 3 rings (SSSR count). The van der Waals surface area contributed by atoms with Gasteiger partial charge < -0.3 is 25.7 Å². The molecule has 7 nitrogen and oxygen atoms in total. The smallest absolute Gasteiger partial charge is 0.422 e. The molecule has 0 saturated heterocycles. The van der Waals surface area contributed by atoms with Crippen LogP contribution >= 0.6 is 0 Å². The Morgan fingerprint density at radius 3 is 2.51 bits per heavy atom. The molecule has 4 N–H and O–H groups in total. The molecule has 37 heavy (non-hydrogen) atoms. The molecule has 0 radical (unpaired) electrons. The van der Waals surface area contributed by atoms with Crippen LogP contribution in [0.2, 0.25) is 0 Å². The second-order valence-corrected chi connectivity index (χ2v) is 8.18. The van der Waals surface area contributed by atoms with Crippen molar-refractivity contribution in [2.45, 2.75) is 52.4 Å². The number of alkyl halides is 3. The third-order valence-corrected chi connectivity index (χ3v) is 5.53. The first-order chi connectivity index (χ1) is 17.6. The highest BCUT2D eigenvalue weighted by molar-refractivity contribution is 5.69. The van der Waals surface area contributed by atoms with Gasteiger partial charge in [-0.2, -0.15) is 13.2 Å². The minimum absolute atomic E-state index is 0. The zero-order valence-electron chi connectivity index (χ0n) is 21.4. The molecule has 0 saturated carbocycles. The Morgan fingerprint density at radius 1 is 1.24 bits per heavy atom. The van der Waals surface area contributed by atoms with Gasteiger partial charge in [0.2, 0.25) is 5.88 Å². The van der Waals surface area contributed by atoms with Crippen LogP contribution in [-0.2, 0) is 11.3 Å². The average molecular weight is 529 g/mol. The average Bonchev–Trinajstić information content (AvgIpc) is 2.88. The normalized spacial score (nSPS) is 15.8. The quantitative estimate of drug-likeness (QED) is 0.388. The van der Waals surface area contributed by atoms with E-state index in [1.54, 1.807) is 18.2 Å². The highest BCUT2D eigenvalue weighted by Gasteiger charge is 2.29. The van der Waals surface area contributed by atoms with E-state index < -0.39 is 12.8 Å². The van der Waals surface area contributed by atoms with E-state index in [1.165, 1.54) is 12.1 Å². The summed E-state index contributed by atoms with van der Waals surface area (Å²) < 4.78 is 56.8. The zero-order valence-corrected chi connectivity index (χ0v) is 21.4. The predicted octanol–water partition coefficient (Wildman–Crippen LogP) is 5.50. The lowest BCUT2D eigenvalue weighted by atomic mass is 9.88. The molecule has 0 spiro atoms. The van der Waals surface area contributed by atoms with Crippen LogP contribution in [0.15, 0.2) is 42.2 Å². The van der Waals surface area contributed by atoms with Gasteiger partial charge in [0.25, 0.3) is 0 Å². The molecule has 0 fully saturated rings. The van der Waals surface area contributed by atoms with Gasteiger partial charge in [-0.05, 0) is 61.6 Å². The van der Waals surface area contributed by atoms with Gasteiger partial charge in [0, 0.05) is 38.8 Å². The number of aryl methyl sites for hydroxylation is 1. The van der Waals surface area contributed by atoms with Gasteiger partial charge in [-0.1, -0.05) is 19.1 Å². The van der Waals surface area contributed by atoms with Gasteiger partial charge in [-0.3, -0.25) is 0 Å². The second-order valence-electron chi connectivity index (χ2n) is 8.18. The van der Waals surface area contributed by atoms with Crippen LogP contribution in [0.3, 0.4) is 0 Å². The van der Waals surface area contributed by atoms with E-state index in [0.29, 0.717) is 30.9 Å². The number of aliphatic hydroxyl groups is 1. The van der Waals surface area contributed by atoms with Crippen molar-refractivity contribution in [3.8, 4) is 5.88 Å². The molecular formula is C26H36F4N4O3.